The number of nitrogens with zero attached hydrogens (tertiary/aromatic N) is 3. The Morgan fingerprint density at radius 1 is 1.18 bits per heavy atom. The second kappa shape index (κ2) is 8.60. The molecule has 0 aliphatic heterocycles. The summed E-state index contributed by atoms with van der Waals surface area (Å²) in [4.78, 5) is 1.31. The number of hydrogen-bond donors (Lipinski definition) is 1. The van der Waals surface area contributed by atoms with Crippen LogP contribution in [-0.2, 0) is 18.9 Å². The molecule has 0 unspecified atom stereocenters. The van der Waals surface area contributed by atoms with E-state index in [1.165, 1.54) is 10.5 Å². The summed E-state index contributed by atoms with van der Waals surface area (Å²) in [5.41, 5.74) is 1.27. The van der Waals surface area contributed by atoms with Gasteiger partial charge in [0.25, 0.3) is 0 Å². The molecule has 0 saturated carbocycles. The monoisotopic (exact) mass is 337 g/mol. The van der Waals surface area contributed by atoms with Gasteiger partial charge < -0.3 is 9.67 Å². The molecule has 0 bridgehead atoms. The predicted molar refractivity (Wildman–Crippen MR) is 93.2 cm³/mol. The molecule has 0 amide bonds. The van der Waals surface area contributed by atoms with Crippen molar-refractivity contribution in [2.75, 3.05) is 0 Å². The molecule has 22 heavy (non-hydrogen) atoms. The highest BCUT2D eigenvalue weighted by molar-refractivity contribution is 8.00. The summed E-state index contributed by atoms with van der Waals surface area (Å²) >= 11 is 3.54. The zero-order chi connectivity index (χ0) is 15.9. The van der Waals surface area contributed by atoms with E-state index in [1.54, 1.807) is 11.8 Å². The van der Waals surface area contributed by atoms with Gasteiger partial charge in [0.1, 0.15) is 6.61 Å². The van der Waals surface area contributed by atoms with E-state index in [0.29, 0.717) is 11.1 Å². The van der Waals surface area contributed by atoms with Crippen LogP contribution in [0.5, 0.6) is 0 Å². The van der Waals surface area contributed by atoms with Gasteiger partial charge in [-0.05, 0) is 24.1 Å². The first-order valence-corrected chi connectivity index (χ1v) is 9.42. The van der Waals surface area contributed by atoms with Crippen molar-refractivity contribution in [1.29, 1.82) is 0 Å². The first-order valence-electron chi connectivity index (χ1n) is 7.55. The smallest absolute Gasteiger partial charge is 0.191 e. The zero-order valence-electron chi connectivity index (χ0n) is 13.3. The Hall–Kier alpha value is -0.980. The Bertz CT molecular complexity index is 582. The summed E-state index contributed by atoms with van der Waals surface area (Å²) in [6.07, 6.45) is 1.000. The third kappa shape index (κ3) is 4.76. The molecule has 0 fully saturated rings. The lowest BCUT2D eigenvalue weighted by Crippen LogP contribution is -2.04. The summed E-state index contributed by atoms with van der Waals surface area (Å²) in [6, 6.07) is 8.70. The SMILES string of the molecule is CCCn1c(CO)nnc1SCc1ccc(SC(C)C)cc1. The van der Waals surface area contributed by atoms with Crippen LogP contribution in [0.1, 0.15) is 38.6 Å². The summed E-state index contributed by atoms with van der Waals surface area (Å²) in [7, 11) is 0. The predicted octanol–water partition coefficient (Wildman–Crippen LogP) is 3.97. The standard InChI is InChI=1S/C16H23N3OS2/c1-4-9-19-15(10-20)17-18-16(19)21-11-13-5-7-14(8-6-13)22-12(2)3/h5-8,12,20H,4,9-11H2,1-3H3. The first kappa shape index (κ1) is 17.4. The van der Waals surface area contributed by atoms with Crippen LogP contribution in [0.25, 0.3) is 0 Å². The normalized spacial score (nSPS) is 11.3. The van der Waals surface area contributed by atoms with Gasteiger partial charge in [-0.2, -0.15) is 0 Å². The minimum atomic E-state index is -0.0608. The van der Waals surface area contributed by atoms with Gasteiger partial charge in [0.15, 0.2) is 11.0 Å². The van der Waals surface area contributed by atoms with E-state index in [9.17, 15) is 5.11 Å². The quantitative estimate of drug-likeness (QED) is 0.739. The van der Waals surface area contributed by atoms with E-state index < -0.39 is 0 Å². The molecule has 1 aromatic carbocycles. The largest absolute Gasteiger partial charge is 0.388 e. The summed E-state index contributed by atoms with van der Waals surface area (Å²) in [5, 5.41) is 19.0. The number of hydrogen-bond acceptors (Lipinski definition) is 5. The molecular formula is C16H23N3OS2. The topological polar surface area (TPSA) is 50.9 Å². The van der Waals surface area contributed by atoms with Crippen molar-refractivity contribution >= 4 is 23.5 Å². The Balaban J connectivity index is 1.99. The molecule has 2 rings (SSSR count). The maximum atomic E-state index is 9.31. The molecule has 1 heterocycles. The van der Waals surface area contributed by atoms with Crippen molar-refractivity contribution in [2.24, 2.45) is 0 Å². The highest BCUT2D eigenvalue weighted by atomic mass is 32.2. The highest BCUT2D eigenvalue weighted by Crippen LogP contribution is 2.26. The van der Waals surface area contributed by atoms with Gasteiger partial charge in [-0.3, -0.25) is 0 Å². The number of aliphatic hydroxyl groups is 1. The highest BCUT2D eigenvalue weighted by Gasteiger charge is 2.11. The summed E-state index contributed by atoms with van der Waals surface area (Å²) in [6.45, 7) is 7.30. The molecule has 1 aromatic heterocycles. The van der Waals surface area contributed by atoms with Crippen molar-refractivity contribution in [2.45, 2.75) is 61.4 Å². The Labute approximate surface area is 140 Å². The van der Waals surface area contributed by atoms with Crippen LogP contribution >= 0.6 is 23.5 Å². The fourth-order valence-corrected chi connectivity index (χ4v) is 3.85. The Kier molecular flexibility index (Phi) is 6.79. The van der Waals surface area contributed by atoms with Gasteiger partial charge in [0, 0.05) is 22.4 Å². The number of benzene rings is 1. The second-order valence-electron chi connectivity index (χ2n) is 5.31. The average Bonchev–Trinajstić information content (AvgIpc) is 2.88. The molecule has 1 N–H and O–H groups in total. The van der Waals surface area contributed by atoms with Crippen LogP contribution in [0.4, 0.5) is 0 Å². The molecule has 0 atom stereocenters. The van der Waals surface area contributed by atoms with Crippen molar-refractivity contribution in [3.05, 3.63) is 35.7 Å². The van der Waals surface area contributed by atoms with Crippen LogP contribution < -0.4 is 0 Å². The van der Waals surface area contributed by atoms with Gasteiger partial charge in [0.05, 0.1) is 0 Å². The van der Waals surface area contributed by atoms with Gasteiger partial charge in [-0.1, -0.05) is 44.7 Å². The van der Waals surface area contributed by atoms with Gasteiger partial charge in [-0.25, -0.2) is 0 Å². The van der Waals surface area contributed by atoms with E-state index in [0.717, 1.165) is 23.9 Å². The first-order chi connectivity index (χ1) is 10.6. The molecule has 0 radical (unpaired) electrons. The molecule has 0 spiro atoms. The number of thioether (sulfide) groups is 2. The fraction of sp³-hybridized carbons (Fsp3) is 0.500. The summed E-state index contributed by atoms with van der Waals surface area (Å²) in [5.74, 6) is 1.51. The third-order valence-corrected chi connectivity index (χ3v) is 5.10. The van der Waals surface area contributed by atoms with E-state index in [2.05, 4.69) is 55.2 Å². The molecule has 2 aromatic rings. The second-order valence-corrected chi connectivity index (χ2v) is 7.90. The zero-order valence-corrected chi connectivity index (χ0v) is 15.0. The van der Waals surface area contributed by atoms with E-state index in [1.807, 2.05) is 16.3 Å². The molecule has 120 valence electrons. The fourth-order valence-electron chi connectivity index (χ4n) is 2.08. The van der Waals surface area contributed by atoms with Gasteiger partial charge >= 0.3 is 0 Å². The maximum Gasteiger partial charge on any atom is 0.191 e. The Morgan fingerprint density at radius 2 is 1.91 bits per heavy atom. The van der Waals surface area contributed by atoms with E-state index >= 15 is 0 Å². The minimum absolute atomic E-state index is 0.0608. The Morgan fingerprint density at radius 3 is 2.50 bits per heavy atom. The van der Waals surface area contributed by atoms with Crippen molar-refractivity contribution < 1.29 is 5.11 Å². The number of aliphatic hydroxyl groups excluding tert-OH is 1. The molecule has 4 nitrogen and oxygen atoms in total. The third-order valence-electron chi connectivity index (χ3n) is 3.05. The molecule has 0 saturated heterocycles. The van der Waals surface area contributed by atoms with Crippen LogP contribution in [-0.4, -0.2) is 25.1 Å². The number of aromatic nitrogens is 3. The maximum absolute atomic E-state index is 9.31. The van der Waals surface area contributed by atoms with Crippen LogP contribution in [0.3, 0.4) is 0 Å². The van der Waals surface area contributed by atoms with Crippen molar-refractivity contribution in [3.8, 4) is 0 Å². The van der Waals surface area contributed by atoms with Crippen molar-refractivity contribution in [3.63, 3.8) is 0 Å². The average molecular weight is 338 g/mol. The number of rotatable bonds is 8. The lowest BCUT2D eigenvalue weighted by molar-refractivity contribution is 0.263. The molecule has 0 aliphatic rings. The van der Waals surface area contributed by atoms with Gasteiger partial charge in [0.2, 0.25) is 0 Å². The molecular weight excluding hydrogens is 314 g/mol. The summed E-state index contributed by atoms with van der Waals surface area (Å²) < 4.78 is 2.01. The van der Waals surface area contributed by atoms with Crippen LogP contribution in [0, 0.1) is 0 Å². The lowest BCUT2D eigenvalue weighted by Gasteiger charge is -2.08. The minimum Gasteiger partial charge on any atom is -0.388 e. The molecule has 0 aliphatic carbocycles. The van der Waals surface area contributed by atoms with E-state index in [-0.39, 0.29) is 6.61 Å². The van der Waals surface area contributed by atoms with E-state index in [4.69, 9.17) is 0 Å². The van der Waals surface area contributed by atoms with Crippen LogP contribution in [0.2, 0.25) is 0 Å². The van der Waals surface area contributed by atoms with Gasteiger partial charge in [-0.15, -0.1) is 22.0 Å². The van der Waals surface area contributed by atoms with Crippen LogP contribution in [0.15, 0.2) is 34.3 Å². The lowest BCUT2D eigenvalue weighted by atomic mass is 10.2. The molecule has 6 heteroatoms. The van der Waals surface area contributed by atoms with Crippen molar-refractivity contribution in [1.82, 2.24) is 14.8 Å².